The zero-order chi connectivity index (χ0) is 10.7. The van der Waals surface area contributed by atoms with Crippen molar-refractivity contribution in [3.05, 3.63) is 27.7 Å². The second-order valence-electron chi connectivity index (χ2n) is 2.68. The van der Waals surface area contributed by atoms with Gasteiger partial charge in [0.15, 0.2) is 5.11 Å². The molecule has 14 heavy (non-hydrogen) atoms. The number of hydrogen-bond donors (Lipinski definition) is 3. The third-order valence-electron chi connectivity index (χ3n) is 1.62. The van der Waals surface area contributed by atoms with Gasteiger partial charge in [-0.2, -0.15) is 0 Å². The first-order valence-corrected chi connectivity index (χ1v) is 4.94. The van der Waals surface area contributed by atoms with Crippen LogP contribution in [0.5, 0.6) is 0 Å². The maximum Gasteiger partial charge on any atom is 0.185 e. The second kappa shape index (κ2) is 4.79. The maximum atomic E-state index is 5.96. The van der Waals surface area contributed by atoms with Crippen molar-refractivity contribution in [1.82, 2.24) is 5.43 Å². The summed E-state index contributed by atoms with van der Waals surface area (Å²) in [4.78, 5) is 0. The van der Waals surface area contributed by atoms with Crippen molar-refractivity contribution in [3.63, 3.8) is 0 Å². The summed E-state index contributed by atoms with van der Waals surface area (Å²) in [5.74, 6) is 5.13. The topological polar surface area (TPSA) is 50.1 Å². The fraction of sp³-hybridized carbons (Fsp3) is 0.125. The summed E-state index contributed by atoms with van der Waals surface area (Å²) in [6.45, 7) is 1.87. The van der Waals surface area contributed by atoms with Crippen LogP contribution in [0.4, 0.5) is 5.69 Å². The second-order valence-corrected chi connectivity index (χ2v) is 3.93. The molecule has 0 spiro atoms. The molecule has 1 aromatic carbocycles. The minimum absolute atomic E-state index is 0.303. The molecule has 1 rings (SSSR count). The summed E-state index contributed by atoms with van der Waals surface area (Å²) >= 11 is 16.6. The van der Waals surface area contributed by atoms with E-state index in [0.29, 0.717) is 20.8 Å². The van der Waals surface area contributed by atoms with Crippen LogP contribution in [0.15, 0.2) is 12.1 Å². The molecule has 0 atom stereocenters. The standard InChI is InChI=1S/C8H9Cl2N3S/c1-4-2-5(9)3-6(10)7(4)12-8(14)13-11/h2-3H,11H2,1H3,(H2,12,13,14). The van der Waals surface area contributed by atoms with Gasteiger partial charge in [-0.1, -0.05) is 23.2 Å². The number of hydrogen-bond acceptors (Lipinski definition) is 2. The molecule has 0 heterocycles. The minimum atomic E-state index is 0.303. The van der Waals surface area contributed by atoms with E-state index in [2.05, 4.69) is 10.7 Å². The summed E-state index contributed by atoms with van der Waals surface area (Å²) in [5, 5.41) is 4.26. The number of aryl methyl sites for hydroxylation is 1. The average molecular weight is 250 g/mol. The highest BCUT2D eigenvalue weighted by atomic mass is 35.5. The molecule has 4 N–H and O–H groups in total. The lowest BCUT2D eigenvalue weighted by atomic mass is 10.2. The molecule has 0 saturated heterocycles. The molecule has 6 heteroatoms. The van der Waals surface area contributed by atoms with Crippen molar-refractivity contribution in [1.29, 1.82) is 0 Å². The van der Waals surface area contributed by atoms with Gasteiger partial charge in [0, 0.05) is 5.02 Å². The van der Waals surface area contributed by atoms with Crippen molar-refractivity contribution < 1.29 is 0 Å². The summed E-state index contributed by atoms with van der Waals surface area (Å²) in [7, 11) is 0. The van der Waals surface area contributed by atoms with E-state index < -0.39 is 0 Å². The molecule has 0 aliphatic carbocycles. The number of nitrogens with two attached hydrogens (primary N) is 1. The zero-order valence-electron chi connectivity index (χ0n) is 7.40. The van der Waals surface area contributed by atoms with Crippen LogP contribution in [0.3, 0.4) is 0 Å². The van der Waals surface area contributed by atoms with E-state index in [1.54, 1.807) is 12.1 Å². The van der Waals surface area contributed by atoms with E-state index in [1.807, 2.05) is 6.92 Å². The third-order valence-corrected chi connectivity index (χ3v) is 2.36. The summed E-state index contributed by atoms with van der Waals surface area (Å²) in [6, 6.07) is 3.42. The van der Waals surface area contributed by atoms with Gasteiger partial charge in [-0.25, -0.2) is 5.84 Å². The number of halogens is 2. The van der Waals surface area contributed by atoms with Crippen molar-refractivity contribution in [3.8, 4) is 0 Å². The molecule has 0 fully saturated rings. The highest BCUT2D eigenvalue weighted by Gasteiger charge is 2.06. The summed E-state index contributed by atoms with van der Waals surface area (Å²) < 4.78 is 0. The molecule has 0 bridgehead atoms. The number of benzene rings is 1. The lowest BCUT2D eigenvalue weighted by Crippen LogP contribution is -2.34. The SMILES string of the molecule is Cc1cc(Cl)cc(Cl)c1NC(=S)NN. The largest absolute Gasteiger partial charge is 0.330 e. The van der Waals surface area contributed by atoms with Gasteiger partial charge in [0.1, 0.15) is 0 Å². The first-order valence-electron chi connectivity index (χ1n) is 3.78. The first-order chi connectivity index (χ1) is 6.54. The van der Waals surface area contributed by atoms with Crippen molar-refractivity contribution in [2.75, 3.05) is 5.32 Å². The molecule has 0 radical (unpaired) electrons. The predicted molar refractivity (Wildman–Crippen MR) is 64.7 cm³/mol. The summed E-state index contributed by atoms with van der Waals surface area (Å²) in [5.41, 5.74) is 3.92. The van der Waals surface area contributed by atoms with Gasteiger partial charge in [0.2, 0.25) is 0 Å². The molecule has 0 unspecified atom stereocenters. The lowest BCUT2D eigenvalue weighted by Gasteiger charge is -2.11. The fourth-order valence-electron chi connectivity index (χ4n) is 1.01. The van der Waals surface area contributed by atoms with Crippen molar-refractivity contribution in [2.24, 2.45) is 5.84 Å². The lowest BCUT2D eigenvalue weighted by molar-refractivity contribution is 1.04. The Morgan fingerprint density at radius 3 is 2.57 bits per heavy atom. The number of nitrogens with one attached hydrogen (secondary N) is 2. The number of thiocarbonyl (C=S) groups is 1. The quantitative estimate of drug-likeness (QED) is 0.407. The Morgan fingerprint density at radius 2 is 2.07 bits per heavy atom. The Kier molecular flexibility index (Phi) is 3.95. The molecular weight excluding hydrogens is 241 g/mol. The monoisotopic (exact) mass is 249 g/mol. The van der Waals surface area contributed by atoms with Crippen LogP contribution in [0.2, 0.25) is 10.0 Å². The number of hydrazine groups is 1. The van der Waals surface area contributed by atoms with E-state index >= 15 is 0 Å². The van der Waals surface area contributed by atoms with Crippen molar-refractivity contribution in [2.45, 2.75) is 6.92 Å². The van der Waals surface area contributed by atoms with Gasteiger partial charge < -0.3 is 10.7 Å². The summed E-state index contributed by atoms with van der Waals surface area (Å²) in [6.07, 6.45) is 0. The van der Waals surface area contributed by atoms with Crippen LogP contribution in [-0.4, -0.2) is 5.11 Å². The van der Waals surface area contributed by atoms with E-state index in [-0.39, 0.29) is 0 Å². The van der Waals surface area contributed by atoms with Gasteiger partial charge >= 0.3 is 0 Å². The van der Waals surface area contributed by atoms with E-state index in [0.717, 1.165) is 5.56 Å². The fourth-order valence-corrected chi connectivity index (χ4v) is 1.75. The van der Waals surface area contributed by atoms with Crippen LogP contribution in [-0.2, 0) is 0 Å². The molecule has 1 aromatic rings. The Morgan fingerprint density at radius 1 is 1.43 bits per heavy atom. The smallest absolute Gasteiger partial charge is 0.185 e. The van der Waals surface area contributed by atoms with Crippen LogP contribution in [0.25, 0.3) is 0 Å². The molecule has 0 saturated carbocycles. The van der Waals surface area contributed by atoms with Gasteiger partial charge in [0.25, 0.3) is 0 Å². The Bertz CT molecular complexity index is 345. The van der Waals surface area contributed by atoms with Gasteiger partial charge in [-0.3, -0.25) is 0 Å². The maximum absolute atomic E-state index is 5.96. The van der Waals surface area contributed by atoms with Crippen LogP contribution in [0, 0.1) is 6.92 Å². The number of anilines is 1. The minimum Gasteiger partial charge on any atom is -0.330 e. The Hall–Kier alpha value is -0.550. The third kappa shape index (κ3) is 2.72. The predicted octanol–water partition coefficient (Wildman–Crippen LogP) is 2.46. The Balaban J connectivity index is 3.02. The van der Waals surface area contributed by atoms with E-state index in [1.165, 1.54) is 0 Å². The molecule has 76 valence electrons. The van der Waals surface area contributed by atoms with Crippen molar-refractivity contribution >= 4 is 46.2 Å². The molecule has 0 aliphatic heterocycles. The van der Waals surface area contributed by atoms with Gasteiger partial charge in [-0.05, 0) is 36.8 Å². The van der Waals surface area contributed by atoms with Gasteiger partial charge in [0.05, 0.1) is 10.7 Å². The van der Waals surface area contributed by atoms with E-state index in [4.69, 9.17) is 41.3 Å². The molecular formula is C8H9Cl2N3S. The van der Waals surface area contributed by atoms with Gasteiger partial charge in [-0.15, -0.1) is 0 Å². The first kappa shape index (κ1) is 11.5. The molecule has 0 aromatic heterocycles. The Labute approximate surface area is 97.5 Å². The molecule has 3 nitrogen and oxygen atoms in total. The normalized spacial score (nSPS) is 9.71. The molecule has 0 aliphatic rings. The van der Waals surface area contributed by atoms with Crippen LogP contribution in [0.1, 0.15) is 5.56 Å². The van der Waals surface area contributed by atoms with Crippen LogP contribution < -0.4 is 16.6 Å². The average Bonchev–Trinajstić information content (AvgIpc) is 2.10. The zero-order valence-corrected chi connectivity index (χ0v) is 9.72. The number of rotatable bonds is 1. The van der Waals surface area contributed by atoms with Crippen LogP contribution >= 0.6 is 35.4 Å². The molecule has 0 amide bonds. The highest BCUT2D eigenvalue weighted by Crippen LogP contribution is 2.29. The highest BCUT2D eigenvalue weighted by molar-refractivity contribution is 7.80. The van der Waals surface area contributed by atoms with E-state index in [9.17, 15) is 0 Å².